The number of rotatable bonds is 6. The van der Waals surface area contributed by atoms with Crippen LogP contribution in [-0.4, -0.2) is 23.6 Å². The van der Waals surface area contributed by atoms with Crippen molar-refractivity contribution < 1.29 is 4.74 Å². The average molecular weight is 287 g/mol. The fourth-order valence-electron chi connectivity index (χ4n) is 1.97. The Balaban J connectivity index is 2.01. The minimum Gasteiger partial charge on any atom is -0.496 e. The number of nitrogens with zero attached hydrogens (tertiary/aromatic N) is 1. The van der Waals surface area contributed by atoms with Crippen molar-refractivity contribution in [2.45, 2.75) is 6.42 Å². The molecule has 104 valence electrons. The van der Waals surface area contributed by atoms with E-state index in [9.17, 15) is 0 Å². The molecule has 0 radical (unpaired) electrons. The van der Waals surface area contributed by atoms with Gasteiger partial charge in [-0.05, 0) is 30.2 Å². The largest absolute Gasteiger partial charge is 0.496 e. The third-order valence-corrected chi connectivity index (χ3v) is 3.17. The van der Waals surface area contributed by atoms with Gasteiger partial charge in [-0.1, -0.05) is 30.4 Å². The number of nitrogens with one attached hydrogen (secondary N) is 1. The van der Waals surface area contributed by atoms with Crippen LogP contribution in [0.5, 0.6) is 5.75 Å². The first-order chi connectivity index (χ1) is 9.72. The molecule has 1 heterocycles. The van der Waals surface area contributed by atoms with Gasteiger partial charge in [0, 0.05) is 12.7 Å². The van der Waals surface area contributed by atoms with Crippen LogP contribution in [0.25, 0.3) is 0 Å². The first kappa shape index (κ1) is 14.3. The number of nitrogens with two attached hydrogens (primary N) is 1. The minimum atomic E-state index is 0.345. The van der Waals surface area contributed by atoms with Gasteiger partial charge in [0.25, 0.3) is 0 Å². The van der Waals surface area contributed by atoms with Crippen molar-refractivity contribution in [3.8, 4) is 5.75 Å². The smallest absolute Gasteiger partial charge is 0.136 e. The Morgan fingerprint density at radius 2 is 2.10 bits per heavy atom. The maximum Gasteiger partial charge on any atom is 0.136 e. The summed E-state index contributed by atoms with van der Waals surface area (Å²) in [7, 11) is 1.68. The molecule has 1 aromatic heterocycles. The van der Waals surface area contributed by atoms with E-state index in [1.165, 1.54) is 0 Å². The second kappa shape index (κ2) is 6.86. The molecule has 2 rings (SSSR count). The molecule has 0 saturated carbocycles. The van der Waals surface area contributed by atoms with Gasteiger partial charge in [-0.25, -0.2) is 4.98 Å². The third kappa shape index (κ3) is 3.45. The summed E-state index contributed by atoms with van der Waals surface area (Å²) in [5.41, 5.74) is 7.59. The normalized spacial score (nSPS) is 10.1. The molecule has 20 heavy (non-hydrogen) atoms. The zero-order chi connectivity index (χ0) is 14.4. The second-order valence-electron chi connectivity index (χ2n) is 4.25. The zero-order valence-electron chi connectivity index (χ0n) is 11.3. The highest BCUT2D eigenvalue weighted by atomic mass is 32.1. The van der Waals surface area contributed by atoms with Crippen LogP contribution in [0, 0.1) is 0 Å². The standard InChI is InChI=1S/C15H17N3OS/c1-19-13-7-3-2-5-11(13)8-10-18-15-12(14(16)20)6-4-9-17-15/h2-7,9H,8,10H2,1H3,(H2,16,20)(H,17,18). The molecule has 0 aliphatic carbocycles. The molecule has 4 nitrogen and oxygen atoms in total. The van der Waals surface area contributed by atoms with E-state index in [1.54, 1.807) is 13.3 Å². The van der Waals surface area contributed by atoms with E-state index in [0.717, 1.165) is 35.7 Å². The summed E-state index contributed by atoms with van der Waals surface area (Å²) in [6.45, 7) is 0.729. The van der Waals surface area contributed by atoms with Crippen molar-refractivity contribution in [1.82, 2.24) is 4.98 Å². The maximum atomic E-state index is 5.67. The molecule has 3 N–H and O–H groups in total. The Labute approximate surface area is 124 Å². The zero-order valence-corrected chi connectivity index (χ0v) is 12.1. The summed E-state index contributed by atoms with van der Waals surface area (Å²) in [6, 6.07) is 11.6. The topological polar surface area (TPSA) is 60.2 Å². The number of hydrogen-bond donors (Lipinski definition) is 2. The fraction of sp³-hybridized carbons (Fsp3) is 0.200. The number of pyridine rings is 1. The van der Waals surface area contributed by atoms with E-state index < -0.39 is 0 Å². The molecule has 0 amide bonds. The van der Waals surface area contributed by atoms with Gasteiger partial charge in [-0.3, -0.25) is 0 Å². The second-order valence-corrected chi connectivity index (χ2v) is 4.69. The SMILES string of the molecule is COc1ccccc1CCNc1ncccc1C(N)=S. The van der Waals surface area contributed by atoms with Crippen molar-refractivity contribution in [3.63, 3.8) is 0 Å². The maximum absolute atomic E-state index is 5.67. The lowest BCUT2D eigenvalue weighted by Crippen LogP contribution is -2.15. The lowest BCUT2D eigenvalue weighted by Gasteiger charge is -2.11. The first-order valence-corrected chi connectivity index (χ1v) is 6.74. The number of methoxy groups -OCH3 is 1. The molecule has 0 aliphatic rings. The van der Waals surface area contributed by atoms with Crippen molar-refractivity contribution in [2.75, 3.05) is 19.0 Å². The van der Waals surface area contributed by atoms with Gasteiger partial charge in [-0.15, -0.1) is 0 Å². The molecule has 2 aromatic rings. The van der Waals surface area contributed by atoms with Gasteiger partial charge in [-0.2, -0.15) is 0 Å². The highest BCUT2D eigenvalue weighted by molar-refractivity contribution is 7.80. The first-order valence-electron chi connectivity index (χ1n) is 6.33. The van der Waals surface area contributed by atoms with Crippen LogP contribution in [0.3, 0.4) is 0 Å². The Hall–Kier alpha value is -2.14. The van der Waals surface area contributed by atoms with Crippen LogP contribution in [0.2, 0.25) is 0 Å². The summed E-state index contributed by atoms with van der Waals surface area (Å²) >= 11 is 5.01. The van der Waals surface area contributed by atoms with Crippen LogP contribution in [0.4, 0.5) is 5.82 Å². The number of ether oxygens (including phenoxy) is 1. The molecular formula is C15H17N3OS. The van der Waals surface area contributed by atoms with E-state index in [0.29, 0.717) is 4.99 Å². The number of aromatic nitrogens is 1. The molecule has 5 heteroatoms. The van der Waals surface area contributed by atoms with E-state index in [-0.39, 0.29) is 0 Å². The van der Waals surface area contributed by atoms with Crippen molar-refractivity contribution >= 4 is 23.0 Å². The highest BCUT2D eigenvalue weighted by Crippen LogP contribution is 2.18. The van der Waals surface area contributed by atoms with Gasteiger partial charge in [0.15, 0.2) is 0 Å². The molecule has 0 saturated heterocycles. The molecule has 0 aliphatic heterocycles. The van der Waals surface area contributed by atoms with Crippen LogP contribution in [-0.2, 0) is 6.42 Å². The van der Waals surface area contributed by atoms with E-state index in [4.69, 9.17) is 22.7 Å². The molecule has 0 unspecified atom stereocenters. The van der Waals surface area contributed by atoms with Gasteiger partial charge >= 0.3 is 0 Å². The monoisotopic (exact) mass is 287 g/mol. The summed E-state index contributed by atoms with van der Waals surface area (Å²) < 4.78 is 5.33. The molecule has 0 spiro atoms. The molecule has 0 fully saturated rings. The number of hydrogen-bond acceptors (Lipinski definition) is 4. The Morgan fingerprint density at radius 1 is 1.30 bits per heavy atom. The molecular weight excluding hydrogens is 270 g/mol. The Kier molecular flexibility index (Phi) is 4.90. The molecule has 0 bridgehead atoms. The Bertz CT molecular complexity index is 601. The van der Waals surface area contributed by atoms with Crippen molar-refractivity contribution in [1.29, 1.82) is 0 Å². The van der Waals surface area contributed by atoms with Gasteiger partial charge in [0.2, 0.25) is 0 Å². The minimum absolute atomic E-state index is 0.345. The van der Waals surface area contributed by atoms with Gasteiger partial charge < -0.3 is 15.8 Å². The van der Waals surface area contributed by atoms with Crippen molar-refractivity contribution in [3.05, 3.63) is 53.7 Å². The van der Waals surface area contributed by atoms with Gasteiger partial charge in [0.05, 0.1) is 12.7 Å². The van der Waals surface area contributed by atoms with E-state index in [2.05, 4.69) is 10.3 Å². The Morgan fingerprint density at radius 3 is 2.85 bits per heavy atom. The molecule has 0 atom stereocenters. The third-order valence-electron chi connectivity index (χ3n) is 2.95. The van der Waals surface area contributed by atoms with Crippen LogP contribution >= 0.6 is 12.2 Å². The van der Waals surface area contributed by atoms with Gasteiger partial charge in [0.1, 0.15) is 16.6 Å². The summed E-state index contributed by atoms with van der Waals surface area (Å²) in [5.74, 6) is 1.61. The quantitative estimate of drug-likeness (QED) is 0.799. The van der Waals surface area contributed by atoms with E-state index in [1.807, 2.05) is 36.4 Å². The number of anilines is 1. The van der Waals surface area contributed by atoms with Crippen LogP contribution in [0.1, 0.15) is 11.1 Å². The lowest BCUT2D eigenvalue weighted by molar-refractivity contribution is 0.410. The highest BCUT2D eigenvalue weighted by Gasteiger charge is 2.06. The summed E-state index contributed by atoms with van der Waals surface area (Å²) in [5, 5.41) is 3.26. The molecule has 1 aromatic carbocycles. The van der Waals surface area contributed by atoms with E-state index >= 15 is 0 Å². The average Bonchev–Trinajstić information content (AvgIpc) is 2.48. The number of benzene rings is 1. The number of para-hydroxylation sites is 1. The summed E-state index contributed by atoms with van der Waals surface area (Å²) in [6.07, 6.45) is 2.55. The van der Waals surface area contributed by atoms with Crippen LogP contribution in [0.15, 0.2) is 42.6 Å². The van der Waals surface area contributed by atoms with Crippen molar-refractivity contribution in [2.24, 2.45) is 5.73 Å². The predicted octanol–water partition coefficient (Wildman–Crippen LogP) is 2.38. The number of thiocarbonyl (C=S) groups is 1. The van der Waals surface area contributed by atoms with Crippen LogP contribution < -0.4 is 15.8 Å². The fourth-order valence-corrected chi connectivity index (χ4v) is 2.13. The predicted molar refractivity (Wildman–Crippen MR) is 85.3 cm³/mol. The summed E-state index contributed by atoms with van der Waals surface area (Å²) in [4.78, 5) is 4.61. The lowest BCUT2D eigenvalue weighted by atomic mass is 10.1.